The van der Waals surface area contributed by atoms with Crippen LogP contribution in [0.4, 0.5) is 0 Å². The second-order valence-electron chi connectivity index (χ2n) is 37.0. The molecule has 0 aromatic carbocycles. The van der Waals surface area contributed by atoms with Crippen LogP contribution in [0.15, 0.2) is 0 Å². The summed E-state index contributed by atoms with van der Waals surface area (Å²) < 4.78 is 0. The van der Waals surface area contributed by atoms with Gasteiger partial charge < -0.3 is 0 Å². The molecule has 0 aliphatic rings. The maximum Gasteiger partial charge on any atom is 0.0354 e. The van der Waals surface area contributed by atoms with E-state index in [0.29, 0.717) is 0 Å². The van der Waals surface area contributed by atoms with E-state index >= 15 is 0 Å². The molecule has 0 rings (SSSR count). The lowest BCUT2D eigenvalue weighted by Gasteiger charge is -2.71. The molecular formula is C46H138Si22. The van der Waals surface area contributed by atoms with E-state index in [9.17, 15) is 0 Å². The van der Waals surface area contributed by atoms with Gasteiger partial charge >= 0.3 is 0 Å². The first-order chi connectivity index (χ1) is 28.2. The predicted molar refractivity (Wildman–Crippen MR) is 396 cm³/mol. The smallest absolute Gasteiger partial charge is 0.0354 e. The third-order valence-corrected chi connectivity index (χ3v) is 571. The summed E-state index contributed by atoms with van der Waals surface area (Å²) in [6.45, 7) is 140. The van der Waals surface area contributed by atoms with Crippen LogP contribution in [-0.2, 0) is 0 Å². The normalized spacial score (nSPS) is 17.6. The molecule has 68 heavy (non-hydrogen) atoms. The van der Waals surface area contributed by atoms with Crippen molar-refractivity contribution in [3.8, 4) is 0 Å². The molecule has 0 fully saturated rings. The molecule has 0 nitrogen and oxygen atoms in total. The number of hydrogen-bond acceptors (Lipinski definition) is 0. The highest BCUT2D eigenvalue weighted by molar-refractivity contribution is 8.14. The first-order valence-corrected chi connectivity index (χ1v) is 116. The van der Waals surface area contributed by atoms with Gasteiger partial charge in [-0.05, 0) is 0 Å². The van der Waals surface area contributed by atoms with Crippen molar-refractivity contribution >= 4 is 157 Å². The number of rotatable bonds is 21. The molecule has 410 valence electrons. The monoisotopic (exact) mass is 1310 g/mol. The van der Waals surface area contributed by atoms with Crippen LogP contribution in [0.3, 0.4) is 0 Å². The minimum atomic E-state index is -1.64. The van der Waals surface area contributed by atoms with E-state index in [4.69, 9.17) is 0 Å². The Kier molecular flexibility index (Phi) is 20.6. The van der Waals surface area contributed by atoms with Crippen LogP contribution < -0.4 is 0 Å². The molecule has 0 saturated carbocycles. The molecule has 0 N–H and O–H groups in total. The molecule has 0 radical (unpaired) electrons. The Morgan fingerprint density at radius 1 is 0.0735 bits per heavy atom. The molecule has 0 aliphatic heterocycles. The van der Waals surface area contributed by atoms with Gasteiger partial charge in [-0.15, -0.1) is 0 Å². The third kappa shape index (κ3) is 9.18. The molecule has 0 aromatic rings. The van der Waals surface area contributed by atoms with Crippen LogP contribution in [0, 0.1) is 0 Å². The van der Waals surface area contributed by atoms with E-state index in [1.807, 2.05) is 0 Å². The van der Waals surface area contributed by atoms with E-state index in [1.54, 1.807) is 0 Å². The molecule has 0 saturated heterocycles. The maximum absolute atomic E-state index is 3.16. The summed E-state index contributed by atoms with van der Waals surface area (Å²) in [6.07, 6.45) is 0. The van der Waals surface area contributed by atoms with Gasteiger partial charge in [-0.3, -0.25) is 0 Å². The van der Waals surface area contributed by atoms with E-state index in [-0.39, 0.29) is 0 Å². The van der Waals surface area contributed by atoms with Crippen LogP contribution in [0.1, 0.15) is 0 Å². The van der Waals surface area contributed by atoms with Gasteiger partial charge in [-0.1, -0.05) is 301 Å². The summed E-state index contributed by atoms with van der Waals surface area (Å²) in [5.74, 6) is 0. The molecule has 0 unspecified atom stereocenters. The van der Waals surface area contributed by atoms with Gasteiger partial charge in [0.15, 0.2) is 0 Å². The molecule has 0 atom stereocenters. The van der Waals surface area contributed by atoms with Gasteiger partial charge in [0.2, 0.25) is 0 Å². The van der Waals surface area contributed by atoms with E-state index < -0.39 is 157 Å². The van der Waals surface area contributed by atoms with Crippen molar-refractivity contribution in [3.63, 3.8) is 0 Å². The summed E-state index contributed by atoms with van der Waals surface area (Å²) in [4.78, 5) is 0. The first kappa shape index (κ1) is 72.8. The van der Waals surface area contributed by atoms with Crippen molar-refractivity contribution in [2.24, 2.45) is 0 Å². The summed E-state index contributed by atoms with van der Waals surface area (Å²) in [5.41, 5.74) is 0. The van der Waals surface area contributed by atoms with Crippen molar-refractivity contribution in [2.75, 3.05) is 0 Å². The quantitative estimate of drug-likeness (QED) is 0.101. The molecule has 22 heteroatoms. The molecular weight excluding hydrogens is 1170 g/mol. The maximum atomic E-state index is 3.16. The fraction of sp³-hybridized carbons (Fsp3) is 1.00. The van der Waals surface area contributed by atoms with Crippen molar-refractivity contribution < 1.29 is 0 Å². The van der Waals surface area contributed by atoms with Crippen LogP contribution >= 0.6 is 0 Å². The summed E-state index contributed by atoms with van der Waals surface area (Å²) in [5, 5.41) is 0. The molecule has 0 heterocycles. The molecule has 0 spiro atoms. The average Bonchev–Trinajstić information content (AvgIpc) is 3.08. The minimum absolute atomic E-state index is 1.21. The van der Waals surface area contributed by atoms with E-state index in [0.717, 1.165) is 0 Å². The van der Waals surface area contributed by atoms with E-state index in [2.05, 4.69) is 301 Å². The zero-order valence-electron chi connectivity index (χ0n) is 57.0. The van der Waals surface area contributed by atoms with E-state index in [1.165, 1.54) is 0 Å². The average molecular weight is 1310 g/mol. The van der Waals surface area contributed by atoms with Crippen molar-refractivity contribution in [2.45, 2.75) is 301 Å². The van der Waals surface area contributed by atoms with Crippen molar-refractivity contribution in [3.05, 3.63) is 0 Å². The van der Waals surface area contributed by atoms with Gasteiger partial charge in [-0.25, -0.2) is 0 Å². The third-order valence-electron chi connectivity index (χ3n) is 33.4. The largest absolute Gasteiger partial charge is 0.0735 e. The van der Waals surface area contributed by atoms with Crippen LogP contribution in [-0.4, -0.2) is 157 Å². The Morgan fingerprint density at radius 2 is 0.118 bits per heavy atom. The zero-order valence-corrected chi connectivity index (χ0v) is 79.0. The Balaban J connectivity index is 8.09. The Bertz CT molecular complexity index is 1690. The standard InChI is InChI=1S/C46H138Si22/c1-47(2,3)49(7,8)51(11,12)53(15,16)55(19,20)57(23,24)59(27,28)61(31,32)63(35,36)65(39,40)67(43,44)68(45,46)66(41,42)64(37,38)62(33,34)60(29,30)58(25,26)56(21,22)54(17,18)52(13,14)50(9,10)48(4,5)6/h1-46H3. The fourth-order valence-electron chi connectivity index (χ4n) is 15.9. The molecule has 0 aromatic heterocycles. The lowest BCUT2D eigenvalue weighted by atomic mass is 11.8. The van der Waals surface area contributed by atoms with Gasteiger partial charge in [0.05, 0.1) is 0 Å². The minimum Gasteiger partial charge on any atom is -0.0735 e. The second kappa shape index (κ2) is 19.2. The highest BCUT2D eigenvalue weighted by Gasteiger charge is 2.77. The van der Waals surface area contributed by atoms with Crippen LogP contribution in [0.25, 0.3) is 0 Å². The summed E-state index contributed by atoms with van der Waals surface area (Å²) in [7, 11) is -33.2. The van der Waals surface area contributed by atoms with Gasteiger partial charge in [0.25, 0.3) is 0 Å². The first-order valence-electron chi connectivity index (χ1n) is 28.2. The fourth-order valence-corrected chi connectivity index (χ4v) is 815. The molecule has 0 bridgehead atoms. The van der Waals surface area contributed by atoms with Crippen LogP contribution in [0.5, 0.6) is 0 Å². The Hall–Kier alpha value is 4.77. The predicted octanol–water partition coefficient (Wildman–Crippen LogP) is 18.5. The van der Waals surface area contributed by atoms with Gasteiger partial charge in [-0.2, -0.15) is 0 Å². The zero-order chi connectivity index (χ0) is 57.0. The highest BCUT2D eigenvalue weighted by Crippen LogP contribution is 2.53. The second-order valence-corrected chi connectivity index (χ2v) is 300. The van der Waals surface area contributed by atoms with Gasteiger partial charge in [0, 0.05) is 157 Å². The molecule has 0 amide bonds. The lowest BCUT2D eigenvalue weighted by Crippen LogP contribution is -2.99. The SMILES string of the molecule is C[Si](C)(C)[Si](C)(C)[Si](C)(C)[Si](C)(C)[Si](C)(C)[Si](C)(C)[Si](C)(C)[Si](C)(C)[Si](C)(C)[Si](C)(C)[Si](C)(C)[Si](C)(C)[Si](C)(C)[Si](C)(C)[Si](C)(C)[Si](C)(C)[Si](C)(C)[Si](C)(C)[Si](C)(C)[Si](C)(C)[Si](C)(C)[Si](C)(C)C. The topological polar surface area (TPSA) is 0 Å². The van der Waals surface area contributed by atoms with Crippen LogP contribution in [0.2, 0.25) is 301 Å². The summed E-state index contributed by atoms with van der Waals surface area (Å²) >= 11 is 0. The highest BCUT2D eigenvalue weighted by atomic mass is 30.2. The van der Waals surface area contributed by atoms with Crippen molar-refractivity contribution in [1.82, 2.24) is 0 Å². The Morgan fingerprint density at radius 3 is 0.162 bits per heavy atom. The lowest BCUT2D eigenvalue weighted by molar-refractivity contribution is 1.71. The van der Waals surface area contributed by atoms with Crippen molar-refractivity contribution in [1.29, 1.82) is 0 Å². The summed E-state index contributed by atoms with van der Waals surface area (Å²) in [6, 6.07) is 0. The van der Waals surface area contributed by atoms with Gasteiger partial charge in [0.1, 0.15) is 0 Å². The molecule has 0 aliphatic carbocycles. The number of hydrogen-bond donors (Lipinski definition) is 0. The Labute approximate surface area is 453 Å².